The lowest BCUT2D eigenvalue weighted by atomic mass is 10.3. The van der Waals surface area contributed by atoms with E-state index in [9.17, 15) is 13.8 Å². The highest BCUT2D eigenvalue weighted by Gasteiger charge is 2.26. The predicted molar refractivity (Wildman–Crippen MR) is 50.3 cm³/mol. The minimum Gasteiger partial charge on any atom is -0.480 e. The number of carboxylic acid groups (broad SMARTS) is 2. The maximum Gasteiger partial charge on any atom is 0.321 e. The molecule has 0 aliphatic rings. The molecule has 0 aromatic heterocycles. The summed E-state index contributed by atoms with van der Waals surface area (Å²) in [6, 6.07) is -1.27. The van der Waals surface area contributed by atoms with Crippen LogP contribution in [0.5, 0.6) is 0 Å². The van der Waals surface area contributed by atoms with Gasteiger partial charge in [-0.3, -0.25) is 13.8 Å². The van der Waals surface area contributed by atoms with Gasteiger partial charge < -0.3 is 15.9 Å². The largest absolute Gasteiger partial charge is 0.480 e. The van der Waals surface area contributed by atoms with Crippen LogP contribution in [-0.2, 0) is 20.4 Å². The van der Waals surface area contributed by atoms with Gasteiger partial charge in [0.25, 0.3) is 0 Å². The van der Waals surface area contributed by atoms with Crippen LogP contribution in [0.2, 0.25) is 0 Å². The number of aliphatic carboxylic acids is 2. The highest BCUT2D eigenvalue weighted by atomic mass is 32.2. The van der Waals surface area contributed by atoms with Crippen LogP contribution in [0.1, 0.15) is 13.3 Å². The number of hydrogen-bond donors (Lipinski definition) is 3. The Balaban J connectivity index is 4.32. The van der Waals surface area contributed by atoms with Crippen molar-refractivity contribution >= 4 is 22.7 Å². The Hall–Kier alpha value is -0.950. The van der Waals surface area contributed by atoms with Gasteiger partial charge in [0.05, 0.1) is 5.75 Å². The lowest BCUT2D eigenvalue weighted by Gasteiger charge is -2.11. The van der Waals surface area contributed by atoms with Crippen molar-refractivity contribution in [1.29, 1.82) is 0 Å². The first-order chi connectivity index (χ1) is 6.40. The van der Waals surface area contributed by atoms with Gasteiger partial charge in [-0.25, -0.2) is 0 Å². The third-order valence-corrected chi connectivity index (χ3v) is 3.48. The average molecular weight is 223 g/mol. The molecule has 3 atom stereocenters. The van der Waals surface area contributed by atoms with Crippen molar-refractivity contribution in [2.45, 2.75) is 24.6 Å². The van der Waals surface area contributed by atoms with E-state index in [4.69, 9.17) is 15.9 Å². The van der Waals surface area contributed by atoms with Crippen molar-refractivity contribution in [3.05, 3.63) is 0 Å². The van der Waals surface area contributed by atoms with Gasteiger partial charge in [-0.2, -0.15) is 0 Å². The van der Waals surface area contributed by atoms with Crippen LogP contribution in [-0.4, -0.2) is 43.4 Å². The molecule has 4 N–H and O–H groups in total. The summed E-state index contributed by atoms with van der Waals surface area (Å²) in [5.41, 5.74) is 5.12. The first-order valence-electron chi connectivity index (χ1n) is 3.98. The summed E-state index contributed by atoms with van der Waals surface area (Å²) in [6.07, 6.45) is 0.189. The average Bonchev–Trinajstić information content (AvgIpc) is 2.04. The first kappa shape index (κ1) is 13.1. The molecule has 14 heavy (non-hydrogen) atoms. The van der Waals surface area contributed by atoms with Crippen molar-refractivity contribution in [2.24, 2.45) is 5.73 Å². The molecule has 2 unspecified atom stereocenters. The highest BCUT2D eigenvalue weighted by Crippen LogP contribution is 2.03. The van der Waals surface area contributed by atoms with Gasteiger partial charge in [0, 0.05) is 10.8 Å². The second-order valence-corrected chi connectivity index (χ2v) is 4.39. The van der Waals surface area contributed by atoms with Gasteiger partial charge >= 0.3 is 11.9 Å². The summed E-state index contributed by atoms with van der Waals surface area (Å²) < 4.78 is 11.3. The van der Waals surface area contributed by atoms with Crippen molar-refractivity contribution < 1.29 is 24.0 Å². The summed E-state index contributed by atoms with van der Waals surface area (Å²) in [7, 11) is -1.74. The monoisotopic (exact) mass is 223 g/mol. The maximum absolute atomic E-state index is 11.3. The molecule has 82 valence electrons. The molecule has 0 bridgehead atoms. The van der Waals surface area contributed by atoms with Gasteiger partial charge in [-0.1, -0.05) is 6.92 Å². The van der Waals surface area contributed by atoms with Crippen molar-refractivity contribution in [1.82, 2.24) is 0 Å². The smallest absolute Gasteiger partial charge is 0.321 e. The standard InChI is InChI=1S/C7H13NO5S/c1-2-5(7(11)12)14(13)3-4(8)6(9)10/h4-5H,2-3,8H2,1H3,(H,9,10)(H,11,12)/t4-,5?,14?/m0/s1. The van der Waals surface area contributed by atoms with Crippen LogP contribution < -0.4 is 5.73 Å². The zero-order valence-electron chi connectivity index (χ0n) is 7.67. The molecule has 0 heterocycles. The van der Waals surface area contributed by atoms with Crippen LogP contribution in [0.25, 0.3) is 0 Å². The van der Waals surface area contributed by atoms with E-state index in [1.807, 2.05) is 0 Å². The zero-order chi connectivity index (χ0) is 11.3. The molecule has 0 amide bonds. The molecular formula is C7H13NO5S. The van der Waals surface area contributed by atoms with E-state index in [2.05, 4.69) is 0 Å². The summed E-state index contributed by atoms with van der Waals surface area (Å²) in [5.74, 6) is -2.80. The van der Waals surface area contributed by atoms with E-state index in [0.717, 1.165) is 0 Å². The van der Waals surface area contributed by atoms with Crippen LogP contribution in [0.3, 0.4) is 0 Å². The number of carbonyl (C=O) groups is 2. The lowest BCUT2D eigenvalue weighted by Crippen LogP contribution is -2.39. The van der Waals surface area contributed by atoms with E-state index in [0.29, 0.717) is 0 Å². The fourth-order valence-corrected chi connectivity index (χ4v) is 2.16. The molecule has 0 aliphatic carbocycles. The Kier molecular flexibility index (Phi) is 5.32. The Labute approximate surface area is 83.6 Å². The van der Waals surface area contributed by atoms with Crippen molar-refractivity contribution in [3.63, 3.8) is 0 Å². The van der Waals surface area contributed by atoms with Crippen LogP contribution in [0.4, 0.5) is 0 Å². The fraction of sp³-hybridized carbons (Fsp3) is 0.714. The number of rotatable bonds is 6. The van der Waals surface area contributed by atoms with E-state index in [1.165, 1.54) is 0 Å². The number of carboxylic acids is 2. The van der Waals surface area contributed by atoms with E-state index >= 15 is 0 Å². The Morgan fingerprint density at radius 1 is 1.36 bits per heavy atom. The third-order valence-electron chi connectivity index (χ3n) is 1.62. The van der Waals surface area contributed by atoms with E-state index < -0.39 is 34.0 Å². The molecule has 0 aromatic rings. The summed E-state index contributed by atoms with van der Waals surface area (Å²) in [5, 5.41) is 16.0. The van der Waals surface area contributed by atoms with Crippen LogP contribution in [0, 0.1) is 0 Å². The fourth-order valence-electron chi connectivity index (χ4n) is 0.837. The molecule has 0 spiro atoms. The van der Waals surface area contributed by atoms with Gasteiger partial charge in [0.1, 0.15) is 11.3 Å². The number of hydrogen-bond acceptors (Lipinski definition) is 4. The van der Waals surface area contributed by atoms with Crippen molar-refractivity contribution in [2.75, 3.05) is 5.75 Å². The SMILES string of the molecule is CCC(C(=O)O)S(=O)C[C@H](N)C(=O)O. The molecule has 0 saturated heterocycles. The van der Waals surface area contributed by atoms with Gasteiger partial charge in [0.15, 0.2) is 0 Å². The zero-order valence-corrected chi connectivity index (χ0v) is 8.49. The Morgan fingerprint density at radius 3 is 2.14 bits per heavy atom. The molecular weight excluding hydrogens is 210 g/mol. The molecule has 0 radical (unpaired) electrons. The maximum atomic E-state index is 11.3. The molecule has 0 fully saturated rings. The summed E-state index contributed by atoms with van der Waals surface area (Å²) in [6.45, 7) is 1.57. The Morgan fingerprint density at radius 2 is 1.86 bits per heavy atom. The summed E-state index contributed by atoms with van der Waals surface area (Å²) in [4.78, 5) is 20.9. The molecule has 7 heteroatoms. The summed E-state index contributed by atoms with van der Waals surface area (Å²) >= 11 is 0. The second kappa shape index (κ2) is 5.71. The topological polar surface area (TPSA) is 118 Å². The predicted octanol–water partition coefficient (Wildman–Crippen LogP) is -0.990. The van der Waals surface area contributed by atoms with Gasteiger partial charge in [0.2, 0.25) is 0 Å². The molecule has 0 aliphatic heterocycles. The minimum atomic E-state index is -1.74. The molecule has 6 nitrogen and oxygen atoms in total. The normalized spacial score (nSPS) is 17.0. The first-order valence-corrected chi connectivity index (χ1v) is 5.36. The molecule has 0 saturated carbocycles. The second-order valence-electron chi connectivity index (χ2n) is 2.73. The molecule has 0 rings (SSSR count). The van der Waals surface area contributed by atoms with Crippen LogP contribution in [0.15, 0.2) is 0 Å². The van der Waals surface area contributed by atoms with Crippen LogP contribution >= 0.6 is 0 Å². The Bertz CT molecular complexity index is 254. The van der Waals surface area contributed by atoms with Gasteiger partial charge in [-0.05, 0) is 6.42 Å². The van der Waals surface area contributed by atoms with E-state index in [1.54, 1.807) is 6.92 Å². The highest BCUT2D eigenvalue weighted by molar-refractivity contribution is 7.86. The quantitative estimate of drug-likeness (QED) is 0.532. The molecule has 0 aromatic carbocycles. The number of nitrogens with two attached hydrogens (primary N) is 1. The third kappa shape index (κ3) is 3.84. The minimum absolute atomic E-state index is 0.189. The van der Waals surface area contributed by atoms with Gasteiger partial charge in [-0.15, -0.1) is 0 Å². The van der Waals surface area contributed by atoms with E-state index in [-0.39, 0.29) is 12.2 Å². The van der Waals surface area contributed by atoms with Crippen molar-refractivity contribution in [3.8, 4) is 0 Å². The lowest BCUT2D eigenvalue weighted by molar-refractivity contribution is -0.138.